The number of nitrogens with two attached hydrogens (primary N) is 1. The number of carbonyl (C=O) groups is 3. The number of urea groups is 1. The van der Waals surface area contributed by atoms with Crippen molar-refractivity contribution in [2.75, 3.05) is 6.54 Å². The Morgan fingerprint density at radius 3 is 2.52 bits per heavy atom. The van der Waals surface area contributed by atoms with Gasteiger partial charge in [-0.3, -0.25) is 20.4 Å². The van der Waals surface area contributed by atoms with Crippen LogP contribution in [0.2, 0.25) is 0 Å². The molecular weight excluding hydrogens is 318 g/mol. The zero-order valence-corrected chi connectivity index (χ0v) is 13.1. The lowest BCUT2D eigenvalue weighted by Gasteiger charge is -2.06. The number of hydrazine groups is 1. The Balaban J connectivity index is 1.99. The third-order valence-corrected chi connectivity index (χ3v) is 3.97. The fraction of sp³-hybridized carbons (Fsp3) is 0.143. The third kappa shape index (κ3) is 4.51. The van der Waals surface area contributed by atoms with Crippen LogP contribution in [0.4, 0.5) is 4.79 Å². The van der Waals surface area contributed by atoms with E-state index >= 15 is 0 Å². The number of hydrogen-bond donors (Lipinski definition) is 4. The molecule has 0 radical (unpaired) electrons. The zero-order chi connectivity index (χ0) is 16.8. The van der Waals surface area contributed by atoms with Crippen molar-refractivity contribution in [2.24, 2.45) is 5.73 Å². The van der Waals surface area contributed by atoms with Crippen LogP contribution in [0.25, 0.3) is 10.6 Å². The van der Waals surface area contributed by atoms with Crippen molar-refractivity contribution in [3.05, 3.63) is 40.9 Å². The normalized spacial score (nSPS) is 9.96. The predicted molar refractivity (Wildman–Crippen MR) is 85.5 cm³/mol. The van der Waals surface area contributed by atoms with Crippen molar-refractivity contribution in [1.29, 1.82) is 0 Å². The number of aryl methyl sites for hydroxylation is 1. The van der Waals surface area contributed by atoms with Crippen LogP contribution in [0.3, 0.4) is 0 Å². The molecule has 1 aromatic heterocycles. The number of nitrogens with one attached hydrogen (secondary N) is 3. The smallest absolute Gasteiger partial charge is 0.312 e. The molecule has 0 aliphatic rings. The summed E-state index contributed by atoms with van der Waals surface area (Å²) in [5.41, 5.74) is 10.8. The van der Waals surface area contributed by atoms with Crippen LogP contribution in [0, 0.1) is 6.92 Å². The molecule has 5 N–H and O–H groups in total. The molecule has 8 nitrogen and oxygen atoms in total. The molecule has 0 bridgehead atoms. The molecule has 0 unspecified atom stereocenters. The number of benzene rings is 1. The summed E-state index contributed by atoms with van der Waals surface area (Å²) in [6, 6.07) is 8.65. The van der Waals surface area contributed by atoms with Gasteiger partial charge < -0.3 is 11.1 Å². The molecule has 0 saturated heterocycles. The van der Waals surface area contributed by atoms with Crippen LogP contribution in [0.5, 0.6) is 0 Å². The molecule has 1 heterocycles. The Morgan fingerprint density at radius 2 is 1.87 bits per heavy atom. The molecule has 2 aromatic rings. The summed E-state index contributed by atoms with van der Waals surface area (Å²) in [6.07, 6.45) is 0. The summed E-state index contributed by atoms with van der Waals surface area (Å²) >= 11 is 1.23. The highest BCUT2D eigenvalue weighted by atomic mass is 32.1. The SMILES string of the molecule is Cc1nc(-c2ccccc2)sc1C(=O)NNC(=O)CNC(N)=O. The maximum atomic E-state index is 12.1. The summed E-state index contributed by atoms with van der Waals surface area (Å²) in [4.78, 5) is 38.7. The minimum atomic E-state index is -0.822. The first kappa shape index (κ1) is 16.4. The molecule has 0 saturated carbocycles. The van der Waals surface area contributed by atoms with Crippen LogP contribution < -0.4 is 21.9 Å². The van der Waals surface area contributed by atoms with E-state index in [1.807, 2.05) is 30.3 Å². The number of nitrogens with zero attached hydrogens (tertiary/aromatic N) is 1. The van der Waals surface area contributed by atoms with Crippen molar-refractivity contribution < 1.29 is 14.4 Å². The molecule has 0 fully saturated rings. The van der Waals surface area contributed by atoms with E-state index in [2.05, 4.69) is 21.2 Å². The molecule has 0 aliphatic carbocycles. The van der Waals surface area contributed by atoms with E-state index in [1.165, 1.54) is 11.3 Å². The number of thiazole rings is 1. The van der Waals surface area contributed by atoms with Crippen LogP contribution >= 0.6 is 11.3 Å². The molecule has 0 atom stereocenters. The Bertz CT molecular complexity index is 729. The predicted octanol–water partition coefficient (Wildman–Crippen LogP) is 0.548. The van der Waals surface area contributed by atoms with Crippen molar-refractivity contribution >= 4 is 29.2 Å². The highest BCUT2D eigenvalue weighted by Crippen LogP contribution is 2.27. The van der Waals surface area contributed by atoms with Gasteiger partial charge in [0.05, 0.1) is 5.69 Å². The molecular formula is C14H15N5O3S. The minimum absolute atomic E-state index is 0.327. The lowest BCUT2D eigenvalue weighted by Crippen LogP contribution is -2.47. The first-order valence-corrected chi connectivity index (χ1v) is 7.44. The summed E-state index contributed by atoms with van der Waals surface area (Å²) < 4.78 is 0. The second-order valence-corrected chi connectivity index (χ2v) is 5.52. The van der Waals surface area contributed by atoms with Crippen LogP contribution in [-0.4, -0.2) is 29.4 Å². The fourth-order valence-electron chi connectivity index (χ4n) is 1.71. The molecule has 0 aliphatic heterocycles. The Labute approximate surface area is 136 Å². The fourth-order valence-corrected chi connectivity index (χ4v) is 2.67. The van der Waals surface area contributed by atoms with Gasteiger partial charge in [-0.05, 0) is 6.92 Å². The molecule has 0 spiro atoms. The van der Waals surface area contributed by atoms with Gasteiger partial charge in [0.2, 0.25) is 0 Å². The van der Waals surface area contributed by atoms with Gasteiger partial charge in [0, 0.05) is 5.56 Å². The topological polar surface area (TPSA) is 126 Å². The Kier molecular flexibility index (Phi) is 5.26. The maximum Gasteiger partial charge on any atom is 0.312 e. The van der Waals surface area contributed by atoms with Crippen LogP contribution in [0.1, 0.15) is 15.4 Å². The zero-order valence-electron chi connectivity index (χ0n) is 12.3. The minimum Gasteiger partial charge on any atom is -0.352 e. The van der Waals surface area contributed by atoms with Gasteiger partial charge in [-0.25, -0.2) is 9.78 Å². The van der Waals surface area contributed by atoms with Gasteiger partial charge in [0.15, 0.2) is 0 Å². The summed E-state index contributed by atoms with van der Waals surface area (Å²) in [7, 11) is 0. The van der Waals surface area contributed by atoms with E-state index in [0.29, 0.717) is 10.6 Å². The highest BCUT2D eigenvalue weighted by molar-refractivity contribution is 7.17. The summed E-state index contributed by atoms with van der Waals surface area (Å²) in [5, 5.41) is 2.83. The lowest BCUT2D eigenvalue weighted by atomic mass is 10.2. The van der Waals surface area contributed by atoms with Gasteiger partial charge in [-0.1, -0.05) is 30.3 Å². The number of amides is 4. The molecule has 120 valence electrons. The number of primary amides is 1. The molecule has 23 heavy (non-hydrogen) atoms. The van der Waals surface area contributed by atoms with Gasteiger partial charge in [-0.2, -0.15) is 0 Å². The molecule has 4 amide bonds. The first-order chi connectivity index (χ1) is 11.0. The third-order valence-electron chi connectivity index (χ3n) is 2.76. The number of carbonyl (C=O) groups excluding carboxylic acids is 3. The molecule has 1 aromatic carbocycles. The average molecular weight is 333 g/mol. The monoisotopic (exact) mass is 333 g/mol. The second-order valence-electron chi connectivity index (χ2n) is 4.52. The highest BCUT2D eigenvalue weighted by Gasteiger charge is 2.16. The summed E-state index contributed by atoms with van der Waals surface area (Å²) in [5.74, 6) is -1.07. The van der Waals surface area contributed by atoms with Gasteiger partial charge in [0.1, 0.15) is 16.4 Å². The molecule has 9 heteroatoms. The Hall–Kier alpha value is -2.94. The van der Waals surface area contributed by atoms with E-state index < -0.39 is 17.8 Å². The van der Waals surface area contributed by atoms with Crippen molar-refractivity contribution in [3.8, 4) is 10.6 Å². The number of aromatic nitrogens is 1. The molecule has 2 rings (SSSR count). The van der Waals surface area contributed by atoms with E-state index in [4.69, 9.17) is 5.73 Å². The lowest BCUT2D eigenvalue weighted by molar-refractivity contribution is -0.120. The van der Waals surface area contributed by atoms with E-state index in [9.17, 15) is 14.4 Å². The second kappa shape index (κ2) is 7.36. The van der Waals surface area contributed by atoms with Crippen molar-refractivity contribution in [1.82, 2.24) is 21.2 Å². The van der Waals surface area contributed by atoms with Crippen molar-refractivity contribution in [2.45, 2.75) is 6.92 Å². The maximum absolute atomic E-state index is 12.1. The largest absolute Gasteiger partial charge is 0.352 e. The number of hydrogen-bond acceptors (Lipinski definition) is 5. The van der Waals surface area contributed by atoms with Crippen LogP contribution in [-0.2, 0) is 4.79 Å². The van der Waals surface area contributed by atoms with E-state index in [0.717, 1.165) is 10.6 Å². The van der Waals surface area contributed by atoms with Gasteiger partial charge in [0.25, 0.3) is 11.8 Å². The Morgan fingerprint density at radius 1 is 1.17 bits per heavy atom. The van der Waals surface area contributed by atoms with Crippen molar-refractivity contribution in [3.63, 3.8) is 0 Å². The standard InChI is InChI=1S/C14H15N5O3S/c1-8-11(12(21)19-18-10(20)7-16-14(15)22)23-13(17-8)9-5-3-2-4-6-9/h2-6H,7H2,1H3,(H,18,20)(H,19,21)(H3,15,16,22). The van der Waals surface area contributed by atoms with Gasteiger partial charge in [-0.15, -0.1) is 11.3 Å². The van der Waals surface area contributed by atoms with E-state index in [1.54, 1.807) is 6.92 Å². The number of rotatable bonds is 4. The average Bonchev–Trinajstić information content (AvgIpc) is 2.93. The van der Waals surface area contributed by atoms with E-state index in [-0.39, 0.29) is 6.54 Å². The van der Waals surface area contributed by atoms with Crippen LogP contribution in [0.15, 0.2) is 30.3 Å². The van der Waals surface area contributed by atoms with Gasteiger partial charge >= 0.3 is 6.03 Å². The summed E-state index contributed by atoms with van der Waals surface area (Å²) in [6.45, 7) is 1.39. The first-order valence-electron chi connectivity index (χ1n) is 6.62. The quantitative estimate of drug-likeness (QED) is 0.609.